The molecule has 2 N–H and O–H groups in total. The zero-order chi connectivity index (χ0) is 14.7. The van der Waals surface area contributed by atoms with Crippen molar-refractivity contribution in [3.8, 4) is 0 Å². The van der Waals surface area contributed by atoms with Crippen molar-refractivity contribution in [3.63, 3.8) is 0 Å². The molecule has 1 heterocycles. The number of esters is 1. The molecule has 1 atom stereocenters. The number of amides is 2. The number of hydrogen-bond donors (Lipinski definition) is 1. The topological polar surface area (TPSA) is 89.7 Å². The zero-order valence-electron chi connectivity index (χ0n) is 11.2. The van der Waals surface area contributed by atoms with Gasteiger partial charge in [0.15, 0.2) is 0 Å². The number of carbonyl (C=O) groups excluding carboxylic acids is 3. The Kier molecular flexibility index (Phi) is 4.02. The first kappa shape index (κ1) is 14.0. The molecular weight excluding hydrogens is 260 g/mol. The maximum atomic E-state index is 11.8. The van der Waals surface area contributed by atoms with Crippen molar-refractivity contribution in [3.05, 3.63) is 29.8 Å². The molecule has 1 aromatic carbocycles. The van der Waals surface area contributed by atoms with Crippen molar-refractivity contribution < 1.29 is 19.1 Å². The molecule has 0 radical (unpaired) electrons. The van der Waals surface area contributed by atoms with Crippen LogP contribution in [0.25, 0.3) is 0 Å². The fourth-order valence-electron chi connectivity index (χ4n) is 2.18. The Morgan fingerprint density at radius 1 is 1.35 bits per heavy atom. The van der Waals surface area contributed by atoms with Gasteiger partial charge in [0.2, 0.25) is 11.8 Å². The number of nitrogens with zero attached hydrogens (tertiary/aromatic N) is 1. The average molecular weight is 276 g/mol. The fraction of sp³-hybridized carbons (Fsp3) is 0.357. The van der Waals surface area contributed by atoms with E-state index in [2.05, 4.69) is 4.74 Å². The number of methoxy groups -OCH3 is 1. The van der Waals surface area contributed by atoms with E-state index in [1.165, 1.54) is 12.0 Å². The molecule has 0 spiro atoms. The van der Waals surface area contributed by atoms with Crippen LogP contribution in [-0.2, 0) is 25.5 Å². The third-order valence-corrected chi connectivity index (χ3v) is 3.35. The van der Waals surface area contributed by atoms with E-state index in [1.807, 2.05) is 0 Å². The standard InChI is InChI=1S/C14H16N2O4/c1-20-13(18)6-9-2-4-11(5-3-9)16-8-10(14(15)19)7-12(16)17/h2-5,10H,6-8H2,1H3,(H2,15,19). The van der Waals surface area contributed by atoms with Gasteiger partial charge in [0, 0.05) is 18.7 Å². The summed E-state index contributed by atoms with van der Waals surface area (Å²) in [5, 5.41) is 0. The molecule has 1 fully saturated rings. The molecule has 2 rings (SSSR count). The summed E-state index contributed by atoms with van der Waals surface area (Å²) in [5.41, 5.74) is 6.73. The monoisotopic (exact) mass is 276 g/mol. The molecule has 1 aliphatic rings. The highest BCUT2D eigenvalue weighted by atomic mass is 16.5. The molecule has 1 aliphatic heterocycles. The van der Waals surface area contributed by atoms with E-state index in [0.717, 1.165) is 5.56 Å². The van der Waals surface area contributed by atoms with Gasteiger partial charge in [0.25, 0.3) is 0 Å². The summed E-state index contributed by atoms with van der Waals surface area (Å²) in [7, 11) is 1.34. The Bertz CT molecular complexity index is 539. The van der Waals surface area contributed by atoms with Crippen LogP contribution in [0.4, 0.5) is 5.69 Å². The van der Waals surface area contributed by atoms with E-state index in [0.29, 0.717) is 12.2 Å². The molecule has 2 amide bonds. The summed E-state index contributed by atoms with van der Waals surface area (Å²) in [4.78, 5) is 35.7. The second kappa shape index (κ2) is 5.73. The minimum absolute atomic E-state index is 0.116. The molecule has 1 aromatic rings. The Labute approximate surface area is 116 Å². The van der Waals surface area contributed by atoms with Crippen LogP contribution in [-0.4, -0.2) is 31.4 Å². The van der Waals surface area contributed by atoms with Crippen LogP contribution in [0, 0.1) is 5.92 Å². The van der Waals surface area contributed by atoms with Crippen LogP contribution < -0.4 is 10.6 Å². The molecule has 6 nitrogen and oxygen atoms in total. The Morgan fingerprint density at radius 2 is 2.00 bits per heavy atom. The molecule has 0 aliphatic carbocycles. The highest BCUT2D eigenvalue weighted by molar-refractivity contribution is 6.00. The predicted octanol–water partition coefficient (Wildman–Crippen LogP) is 0.240. The van der Waals surface area contributed by atoms with Crippen molar-refractivity contribution in [1.82, 2.24) is 0 Å². The number of benzene rings is 1. The lowest BCUT2D eigenvalue weighted by Gasteiger charge is -2.16. The second-order valence-corrected chi connectivity index (χ2v) is 4.73. The minimum atomic E-state index is -0.455. The van der Waals surface area contributed by atoms with Gasteiger partial charge in [0.1, 0.15) is 0 Å². The number of anilines is 1. The van der Waals surface area contributed by atoms with Crippen LogP contribution in [0.2, 0.25) is 0 Å². The lowest BCUT2D eigenvalue weighted by Crippen LogP contribution is -2.28. The first-order valence-electron chi connectivity index (χ1n) is 6.26. The normalized spacial score (nSPS) is 18.1. The third kappa shape index (κ3) is 2.96. The van der Waals surface area contributed by atoms with Gasteiger partial charge in [-0.05, 0) is 17.7 Å². The van der Waals surface area contributed by atoms with Crippen LogP contribution >= 0.6 is 0 Å². The number of nitrogens with two attached hydrogens (primary N) is 1. The van der Waals surface area contributed by atoms with Crippen LogP contribution in [0.15, 0.2) is 24.3 Å². The van der Waals surface area contributed by atoms with E-state index in [4.69, 9.17) is 5.73 Å². The largest absolute Gasteiger partial charge is 0.469 e. The van der Waals surface area contributed by atoms with E-state index in [9.17, 15) is 14.4 Å². The second-order valence-electron chi connectivity index (χ2n) is 4.73. The summed E-state index contributed by atoms with van der Waals surface area (Å²) in [6.45, 7) is 0.310. The lowest BCUT2D eigenvalue weighted by molar-refractivity contribution is -0.139. The highest BCUT2D eigenvalue weighted by Gasteiger charge is 2.33. The molecule has 0 aromatic heterocycles. The summed E-state index contributed by atoms with van der Waals surface area (Å²) < 4.78 is 4.59. The van der Waals surface area contributed by atoms with Gasteiger partial charge in [-0.2, -0.15) is 0 Å². The van der Waals surface area contributed by atoms with Crippen molar-refractivity contribution in [2.75, 3.05) is 18.6 Å². The van der Waals surface area contributed by atoms with Gasteiger partial charge in [0.05, 0.1) is 19.4 Å². The van der Waals surface area contributed by atoms with Crippen LogP contribution in [0.5, 0.6) is 0 Å². The molecule has 1 unspecified atom stereocenters. The molecular formula is C14H16N2O4. The SMILES string of the molecule is COC(=O)Cc1ccc(N2CC(C(N)=O)CC2=O)cc1. The smallest absolute Gasteiger partial charge is 0.309 e. The summed E-state index contributed by atoms with van der Waals surface area (Å²) >= 11 is 0. The fourth-order valence-corrected chi connectivity index (χ4v) is 2.18. The molecule has 20 heavy (non-hydrogen) atoms. The number of hydrogen-bond acceptors (Lipinski definition) is 4. The molecule has 0 saturated carbocycles. The van der Waals surface area contributed by atoms with Gasteiger partial charge in [-0.15, -0.1) is 0 Å². The molecule has 6 heteroatoms. The van der Waals surface area contributed by atoms with Crippen molar-refractivity contribution in [2.24, 2.45) is 11.7 Å². The van der Waals surface area contributed by atoms with Crippen molar-refractivity contribution in [1.29, 1.82) is 0 Å². The van der Waals surface area contributed by atoms with Gasteiger partial charge < -0.3 is 15.4 Å². The Morgan fingerprint density at radius 3 is 2.50 bits per heavy atom. The first-order chi connectivity index (χ1) is 9.51. The summed E-state index contributed by atoms with van der Waals surface area (Å²) in [5.74, 6) is -1.32. The van der Waals surface area contributed by atoms with Crippen molar-refractivity contribution in [2.45, 2.75) is 12.8 Å². The molecule has 106 valence electrons. The highest BCUT2D eigenvalue weighted by Crippen LogP contribution is 2.25. The molecule has 1 saturated heterocycles. The third-order valence-electron chi connectivity index (χ3n) is 3.35. The molecule has 0 bridgehead atoms. The Balaban J connectivity index is 2.08. The average Bonchev–Trinajstić information content (AvgIpc) is 2.82. The summed E-state index contributed by atoms with van der Waals surface area (Å²) in [6.07, 6.45) is 0.341. The minimum Gasteiger partial charge on any atom is -0.469 e. The van der Waals surface area contributed by atoms with Gasteiger partial charge >= 0.3 is 5.97 Å². The number of carbonyl (C=O) groups is 3. The quantitative estimate of drug-likeness (QED) is 0.798. The van der Waals surface area contributed by atoms with Crippen LogP contribution in [0.3, 0.4) is 0 Å². The van der Waals surface area contributed by atoms with Crippen LogP contribution in [0.1, 0.15) is 12.0 Å². The number of rotatable bonds is 4. The maximum Gasteiger partial charge on any atom is 0.309 e. The van der Waals surface area contributed by atoms with E-state index in [1.54, 1.807) is 24.3 Å². The number of ether oxygens (including phenoxy) is 1. The van der Waals surface area contributed by atoms with Crippen molar-refractivity contribution >= 4 is 23.5 Å². The van der Waals surface area contributed by atoms with Gasteiger partial charge in [-0.25, -0.2) is 0 Å². The predicted molar refractivity (Wildman–Crippen MR) is 71.8 cm³/mol. The summed E-state index contributed by atoms with van der Waals surface area (Å²) in [6, 6.07) is 7.02. The van der Waals surface area contributed by atoms with E-state index >= 15 is 0 Å². The van der Waals surface area contributed by atoms with E-state index < -0.39 is 11.8 Å². The number of primary amides is 1. The van der Waals surface area contributed by atoms with E-state index in [-0.39, 0.29) is 24.7 Å². The van der Waals surface area contributed by atoms with Gasteiger partial charge in [-0.1, -0.05) is 12.1 Å². The Hall–Kier alpha value is -2.37. The maximum absolute atomic E-state index is 11.8. The first-order valence-corrected chi connectivity index (χ1v) is 6.26. The lowest BCUT2D eigenvalue weighted by atomic mass is 10.1. The zero-order valence-corrected chi connectivity index (χ0v) is 11.2. The van der Waals surface area contributed by atoms with Gasteiger partial charge in [-0.3, -0.25) is 14.4 Å².